The minimum absolute atomic E-state index is 0. The number of carbonyl (C=O) groups is 1. The third-order valence-electron chi connectivity index (χ3n) is 5.42. The molecule has 0 spiro atoms. The van der Waals surface area contributed by atoms with Gasteiger partial charge in [-0.25, -0.2) is 0 Å². The highest BCUT2D eigenvalue weighted by Crippen LogP contribution is 2.27. The Bertz CT molecular complexity index is 576. The average Bonchev–Trinajstić information content (AvgIpc) is 2.67. The SMILES string of the molecule is CC(c1ccccc1Cl)N1CCN(CCC(=O)N2CCNCC2)CC1.Cl.Cl. The summed E-state index contributed by atoms with van der Waals surface area (Å²) < 4.78 is 0. The van der Waals surface area contributed by atoms with Crippen LogP contribution in [0.25, 0.3) is 0 Å². The van der Waals surface area contributed by atoms with Crippen molar-refractivity contribution in [3.63, 3.8) is 0 Å². The van der Waals surface area contributed by atoms with Crippen LogP contribution in [0.5, 0.6) is 0 Å². The molecular formula is C19H31Cl3N4O. The van der Waals surface area contributed by atoms with Gasteiger partial charge in [0.2, 0.25) is 5.91 Å². The predicted molar refractivity (Wildman–Crippen MR) is 116 cm³/mol. The summed E-state index contributed by atoms with van der Waals surface area (Å²) in [5.74, 6) is 0.299. The van der Waals surface area contributed by atoms with Crippen LogP contribution in [0, 0.1) is 0 Å². The van der Waals surface area contributed by atoms with Gasteiger partial charge in [0.05, 0.1) is 0 Å². The molecule has 1 unspecified atom stereocenters. The zero-order valence-electron chi connectivity index (χ0n) is 15.9. The van der Waals surface area contributed by atoms with Crippen molar-refractivity contribution < 1.29 is 4.79 Å². The lowest BCUT2D eigenvalue weighted by Crippen LogP contribution is -2.49. The molecule has 1 amide bonds. The monoisotopic (exact) mass is 436 g/mol. The van der Waals surface area contributed by atoms with Gasteiger partial charge in [0.15, 0.2) is 0 Å². The molecule has 1 N–H and O–H groups in total. The van der Waals surface area contributed by atoms with E-state index < -0.39 is 0 Å². The lowest BCUT2D eigenvalue weighted by atomic mass is 10.1. The molecule has 0 aromatic heterocycles. The number of hydrogen-bond donors (Lipinski definition) is 1. The minimum Gasteiger partial charge on any atom is -0.340 e. The molecule has 2 saturated heterocycles. The van der Waals surface area contributed by atoms with Crippen molar-refractivity contribution in [3.8, 4) is 0 Å². The van der Waals surface area contributed by atoms with E-state index in [0.717, 1.165) is 63.9 Å². The van der Waals surface area contributed by atoms with E-state index in [1.165, 1.54) is 5.56 Å². The Kier molecular flexibility index (Phi) is 11.0. The van der Waals surface area contributed by atoms with Gasteiger partial charge in [0, 0.05) is 76.4 Å². The molecule has 0 aliphatic carbocycles. The molecule has 2 aliphatic rings. The maximum absolute atomic E-state index is 12.3. The van der Waals surface area contributed by atoms with Crippen molar-refractivity contribution in [2.45, 2.75) is 19.4 Å². The van der Waals surface area contributed by atoms with Crippen LogP contribution < -0.4 is 5.32 Å². The van der Waals surface area contributed by atoms with E-state index in [1.807, 2.05) is 17.0 Å². The molecule has 1 aromatic rings. The zero-order valence-corrected chi connectivity index (χ0v) is 18.3. The van der Waals surface area contributed by atoms with Crippen molar-refractivity contribution in [2.24, 2.45) is 0 Å². The molecule has 154 valence electrons. The summed E-state index contributed by atoms with van der Waals surface area (Å²) in [7, 11) is 0. The van der Waals surface area contributed by atoms with Gasteiger partial charge in [0.25, 0.3) is 0 Å². The summed E-state index contributed by atoms with van der Waals surface area (Å²) in [5, 5.41) is 4.13. The maximum atomic E-state index is 12.3. The Labute approximate surface area is 180 Å². The van der Waals surface area contributed by atoms with Crippen molar-refractivity contribution in [3.05, 3.63) is 34.9 Å². The fraction of sp³-hybridized carbons (Fsp3) is 0.632. The third kappa shape index (κ3) is 6.77. The topological polar surface area (TPSA) is 38.8 Å². The standard InChI is InChI=1S/C19H29ClN4O.2ClH/c1-16(17-4-2-3-5-18(17)20)23-14-12-22(13-15-23)9-6-19(25)24-10-7-21-8-11-24;;/h2-5,16,21H,6-15H2,1H3;2*1H. The van der Waals surface area contributed by atoms with Crippen LogP contribution in [-0.2, 0) is 4.79 Å². The lowest BCUT2D eigenvalue weighted by Gasteiger charge is -2.38. The third-order valence-corrected chi connectivity index (χ3v) is 5.77. The van der Waals surface area contributed by atoms with Gasteiger partial charge in [-0.1, -0.05) is 29.8 Å². The molecule has 5 nitrogen and oxygen atoms in total. The molecule has 0 radical (unpaired) electrons. The molecule has 3 rings (SSSR count). The first kappa shape index (κ1) is 24.5. The lowest BCUT2D eigenvalue weighted by molar-refractivity contribution is -0.132. The van der Waals surface area contributed by atoms with Crippen LogP contribution in [0.4, 0.5) is 0 Å². The molecule has 0 saturated carbocycles. The van der Waals surface area contributed by atoms with Gasteiger partial charge >= 0.3 is 0 Å². The van der Waals surface area contributed by atoms with E-state index in [9.17, 15) is 4.79 Å². The van der Waals surface area contributed by atoms with Gasteiger partial charge in [-0.05, 0) is 18.6 Å². The van der Waals surface area contributed by atoms with E-state index in [2.05, 4.69) is 34.2 Å². The molecular weight excluding hydrogens is 407 g/mol. The second-order valence-electron chi connectivity index (χ2n) is 6.96. The number of hydrogen-bond acceptors (Lipinski definition) is 4. The molecule has 8 heteroatoms. The van der Waals surface area contributed by atoms with E-state index >= 15 is 0 Å². The Morgan fingerprint density at radius 2 is 1.70 bits per heavy atom. The van der Waals surface area contributed by atoms with Gasteiger partial charge in [0.1, 0.15) is 0 Å². The van der Waals surface area contributed by atoms with E-state index in [-0.39, 0.29) is 24.8 Å². The quantitative estimate of drug-likeness (QED) is 0.769. The number of benzene rings is 1. The summed E-state index contributed by atoms with van der Waals surface area (Å²) >= 11 is 6.34. The summed E-state index contributed by atoms with van der Waals surface area (Å²) in [4.78, 5) is 19.2. The largest absolute Gasteiger partial charge is 0.340 e. The second kappa shape index (κ2) is 12.1. The molecule has 1 aromatic carbocycles. The highest BCUT2D eigenvalue weighted by atomic mass is 35.5. The molecule has 2 heterocycles. The summed E-state index contributed by atoms with van der Waals surface area (Å²) in [6.45, 7) is 10.7. The Balaban J connectivity index is 0.00000182. The van der Waals surface area contributed by atoms with Gasteiger partial charge in [-0.3, -0.25) is 9.69 Å². The van der Waals surface area contributed by atoms with Crippen molar-refractivity contribution >= 4 is 42.3 Å². The number of piperazine rings is 2. The van der Waals surface area contributed by atoms with E-state index in [1.54, 1.807) is 0 Å². The van der Waals surface area contributed by atoms with Crippen LogP contribution in [0.3, 0.4) is 0 Å². The predicted octanol–water partition coefficient (Wildman–Crippen LogP) is 2.68. The smallest absolute Gasteiger partial charge is 0.223 e. The molecule has 2 fully saturated rings. The number of nitrogens with one attached hydrogen (secondary N) is 1. The number of amides is 1. The van der Waals surface area contributed by atoms with E-state index in [0.29, 0.717) is 18.4 Å². The van der Waals surface area contributed by atoms with Crippen molar-refractivity contribution in [1.82, 2.24) is 20.0 Å². The number of nitrogens with zero attached hydrogens (tertiary/aromatic N) is 3. The molecule has 2 aliphatic heterocycles. The second-order valence-corrected chi connectivity index (χ2v) is 7.36. The van der Waals surface area contributed by atoms with Gasteiger partial charge in [-0.2, -0.15) is 0 Å². The summed E-state index contributed by atoms with van der Waals surface area (Å²) in [5.41, 5.74) is 1.20. The fourth-order valence-corrected chi connectivity index (χ4v) is 4.00. The summed E-state index contributed by atoms with van der Waals surface area (Å²) in [6.07, 6.45) is 0.639. The Morgan fingerprint density at radius 1 is 1.07 bits per heavy atom. The van der Waals surface area contributed by atoms with Crippen LogP contribution in [0.1, 0.15) is 24.9 Å². The summed E-state index contributed by atoms with van der Waals surface area (Å²) in [6, 6.07) is 8.44. The first-order valence-electron chi connectivity index (χ1n) is 9.34. The minimum atomic E-state index is 0. The van der Waals surface area contributed by atoms with Gasteiger partial charge < -0.3 is 15.1 Å². The van der Waals surface area contributed by atoms with Crippen LogP contribution >= 0.6 is 36.4 Å². The molecule has 0 bridgehead atoms. The first-order valence-corrected chi connectivity index (χ1v) is 9.72. The molecule has 27 heavy (non-hydrogen) atoms. The normalized spacial score (nSPS) is 19.7. The van der Waals surface area contributed by atoms with Crippen molar-refractivity contribution in [2.75, 3.05) is 58.9 Å². The Hall–Kier alpha value is -0.560. The van der Waals surface area contributed by atoms with Gasteiger partial charge in [-0.15, -0.1) is 24.8 Å². The molecule has 1 atom stereocenters. The zero-order chi connectivity index (χ0) is 17.6. The Morgan fingerprint density at radius 3 is 2.33 bits per heavy atom. The maximum Gasteiger partial charge on any atom is 0.223 e. The number of carbonyl (C=O) groups excluding carboxylic acids is 1. The number of halogens is 3. The highest BCUT2D eigenvalue weighted by Gasteiger charge is 2.24. The van der Waals surface area contributed by atoms with Crippen LogP contribution in [0.15, 0.2) is 24.3 Å². The average molecular weight is 438 g/mol. The first-order chi connectivity index (χ1) is 12.1. The van der Waals surface area contributed by atoms with E-state index in [4.69, 9.17) is 11.6 Å². The number of rotatable bonds is 5. The van der Waals surface area contributed by atoms with Crippen molar-refractivity contribution in [1.29, 1.82) is 0 Å². The highest BCUT2D eigenvalue weighted by molar-refractivity contribution is 6.31. The van der Waals surface area contributed by atoms with Crippen LogP contribution in [-0.4, -0.2) is 79.5 Å². The van der Waals surface area contributed by atoms with Crippen LogP contribution in [0.2, 0.25) is 5.02 Å². The fourth-order valence-electron chi connectivity index (χ4n) is 3.71.